The molecule has 3 aromatic rings. The molecule has 0 radical (unpaired) electrons. The van der Waals surface area contributed by atoms with Crippen molar-refractivity contribution in [3.63, 3.8) is 0 Å². The van der Waals surface area contributed by atoms with Crippen LogP contribution >= 0.6 is 0 Å². The molecular weight excluding hydrogens is 516 g/mol. The molecule has 0 amide bonds. The van der Waals surface area contributed by atoms with E-state index in [4.69, 9.17) is 15.0 Å². The molecule has 0 fully saturated rings. The smallest absolute Gasteiger partial charge is 0.408 e. The number of rotatable bonds is 5. The number of aromatic nitrogens is 3. The van der Waals surface area contributed by atoms with Gasteiger partial charge in [0.1, 0.15) is 39.9 Å². The number of nitrogens with zero attached hydrogens (tertiary/aromatic N) is 5. The Balaban J connectivity index is 1.75. The number of amidine groups is 1. The summed E-state index contributed by atoms with van der Waals surface area (Å²) < 4.78 is 80.2. The molecule has 2 atom stereocenters. The molecule has 1 aromatic carbocycles. The normalized spacial score (nSPS) is 23.4. The molecule has 0 bridgehead atoms. The van der Waals surface area contributed by atoms with Gasteiger partial charge in [-0.3, -0.25) is 4.99 Å². The van der Waals surface area contributed by atoms with E-state index in [1.807, 2.05) is 0 Å². The number of hydrogen-bond donors (Lipinski definition) is 1. The van der Waals surface area contributed by atoms with Gasteiger partial charge in [-0.2, -0.15) is 13.2 Å². The van der Waals surface area contributed by atoms with Gasteiger partial charge >= 0.3 is 6.18 Å². The Hall–Kier alpha value is -3.55. The standard InChI is InChI=1S/C23H24F4N6O3S/c1-21(2)20(28)32-22(3,12-37(21,34)31-11-23(25,26)27)14-7-13(5-6-15(14)24)18-8-16(33-36-18)17-9-30-19(35-4)10-29-17/h5-10H,11-12H2,1-4H3,(H2,28,32)/t22-,37+/m0/s1. The van der Waals surface area contributed by atoms with Gasteiger partial charge in [-0.1, -0.05) is 5.16 Å². The maximum Gasteiger partial charge on any atom is 0.408 e. The van der Waals surface area contributed by atoms with Crippen LogP contribution in [0.4, 0.5) is 17.6 Å². The summed E-state index contributed by atoms with van der Waals surface area (Å²) in [7, 11) is -2.16. The SMILES string of the molecule is COc1cnc(-c2cc(-c3ccc(F)c([C@]4(C)C[S@](=O)(=NCC(F)(F)F)C(C)(C)C(N)=N4)c3)on2)cn1. The Morgan fingerprint density at radius 1 is 1.16 bits per heavy atom. The molecule has 0 unspecified atom stereocenters. The highest BCUT2D eigenvalue weighted by atomic mass is 32.2. The number of aliphatic imine (C=N–C) groups is 1. The second-order valence-electron chi connectivity index (χ2n) is 9.18. The van der Waals surface area contributed by atoms with E-state index in [0.717, 1.165) is 6.07 Å². The molecule has 37 heavy (non-hydrogen) atoms. The van der Waals surface area contributed by atoms with E-state index in [1.54, 1.807) is 6.07 Å². The topological polar surface area (TPSA) is 129 Å². The summed E-state index contributed by atoms with van der Waals surface area (Å²) in [6.07, 6.45) is -1.81. The first kappa shape index (κ1) is 26.5. The minimum atomic E-state index is -4.66. The van der Waals surface area contributed by atoms with Crippen LogP contribution in [0.25, 0.3) is 22.7 Å². The van der Waals surface area contributed by atoms with Gasteiger partial charge in [0.05, 0.1) is 35.0 Å². The Kier molecular flexibility index (Phi) is 6.51. The van der Waals surface area contributed by atoms with E-state index >= 15 is 4.39 Å². The summed E-state index contributed by atoms with van der Waals surface area (Å²) in [6, 6.07) is 5.58. The van der Waals surface area contributed by atoms with Crippen LogP contribution in [0, 0.1) is 5.82 Å². The fraction of sp³-hybridized carbons (Fsp3) is 0.391. The molecule has 0 saturated carbocycles. The lowest BCUT2D eigenvalue weighted by Gasteiger charge is -2.40. The van der Waals surface area contributed by atoms with Crippen molar-refractivity contribution in [2.45, 2.75) is 37.2 Å². The molecular formula is C23H24F4N6O3S. The van der Waals surface area contributed by atoms with Gasteiger partial charge in [0.15, 0.2) is 5.76 Å². The van der Waals surface area contributed by atoms with E-state index in [-0.39, 0.29) is 17.2 Å². The molecule has 1 aliphatic heterocycles. The second kappa shape index (κ2) is 9.08. The Labute approximate surface area is 210 Å². The zero-order valence-electron chi connectivity index (χ0n) is 20.3. The third-order valence-electron chi connectivity index (χ3n) is 6.15. The van der Waals surface area contributed by atoms with Gasteiger partial charge in [-0.15, -0.1) is 0 Å². The monoisotopic (exact) mass is 540 g/mol. The maximum absolute atomic E-state index is 15.1. The number of methoxy groups -OCH3 is 1. The number of hydrogen-bond acceptors (Lipinski definition) is 9. The summed E-state index contributed by atoms with van der Waals surface area (Å²) >= 11 is 0. The fourth-order valence-electron chi connectivity index (χ4n) is 3.86. The lowest BCUT2D eigenvalue weighted by Crippen LogP contribution is -2.55. The minimum Gasteiger partial charge on any atom is -0.480 e. The number of halogens is 4. The largest absolute Gasteiger partial charge is 0.480 e. The number of benzene rings is 1. The fourth-order valence-corrected chi connectivity index (χ4v) is 6.34. The van der Waals surface area contributed by atoms with Crippen LogP contribution in [0.3, 0.4) is 0 Å². The van der Waals surface area contributed by atoms with Crippen molar-refractivity contribution in [2.24, 2.45) is 15.1 Å². The zero-order valence-corrected chi connectivity index (χ0v) is 21.2. The molecule has 1 aliphatic rings. The van der Waals surface area contributed by atoms with E-state index in [0.29, 0.717) is 22.8 Å². The van der Waals surface area contributed by atoms with E-state index in [2.05, 4.69) is 24.5 Å². The molecule has 198 valence electrons. The predicted octanol–water partition coefficient (Wildman–Crippen LogP) is 4.34. The molecule has 0 spiro atoms. The first-order valence-electron chi connectivity index (χ1n) is 10.9. The van der Waals surface area contributed by atoms with Crippen LogP contribution < -0.4 is 10.5 Å². The Bertz CT molecular complexity index is 1480. The molecule has 2 aromatic heterocycles. The number of nitrogens with two attached hydrogens (primary N) is 1. The van der Waals surface area contributed by atoms with E-state index in [9.17, 15) is 17.4 Å². The molecule has 4 rings (SSSR count). The summed E-state index contributed by atoms with van der Waals surface area (Å²) in [4.78, 5) is 12.7. The molecule has 0 aliphatic carbocycles. The van der Waals surface area contributed by atoms with Crippen LogP contribution in [0.1, 0.15) is 26.3 Å². The minimum absolute atomic E-state index is 0.0272. The molecule has 3 heterocycles. The predicted molar refractivity (Wildman–Crippen MR) is 129 cm³/mol. The number of alkyl halides is 3. The van der Waals surface area contributed by atoms with Crippen molar-refractivity contribution < 1.29 is 31.0 Å². The van der Waals surface area contributed by atoms with Gasteiger partial charge in [0.25, 0.3) is 0 Å². The van der Waals surface area contributed by atoms with Gasteiger partial charge in [0, 0.05) is 17.2 Å². The van der Waals surface area contributed by atoms with Crippen LogP contribution in [-0.4, -0.2) is 55.5 Å². The average Bonchev–Trinajstić information content (AvgIpc) is 3.32. The van der Waals surface area contributed by atoms with Crippen LogP contribution in [0.5, 0.6) is 5.88 Å². The van der Waals surface area contributed by atoms with Gasteiger partial charge in [-0.05, 0) is 39.0 Å². The van der Waals surface area contributed by atoms with Crippen molar-refractivity contribution in [2.75, 3.05) is 19.4 Å². The van der Waals surface area contributed by atoms with Crippen molar-refractivity contribution in [3.8, 4) is 28.6 Å². The van der Waals surface area contributed by atoms with Crippen LogP contribution in [-0.2, 0) is 15.3 Å². The maximum atomic E-state index is 15.1. The Morgan fingerprint density at radius 3 is 2.51 bits per heavy atom. The average molecular weight is 541 g/mol. The highest BCUT2D eigenvalue weighted by Crippen LogP contribution is 2.40. The van der Waals surface area contributed by atoms with Crippen molar-refractivity contribution in [3.05, 3.63) is 48.0 Å². The van der Waals surface area contributed by atoms with Crippen molar-refractivity contribution in [1.29, 1.82) is 0 Å². The third kappa shape index (κ3) is 5.02. The quantitative estimate of drug-likeness (QED) is 0.477. The third-order valence-corrected chi connectivity index (χ3v) is 9.46. The van der Waals surface area contributed by atoms with E-state index < -0.39 is 44.3 Å². The summed E-state index contributed by atoms with van der Waals surface area (Å²) in [5.74, 6) is -0.776. The van der Waals surface area contributed by atoms with E-state index in [1.165, 1.54) is 52.4 Å². The summed E-state index contributed by atoms with van der Waals surface area (Å²) in [5, 5.41) is 3.97. The highest BCUT2D eigenvalue weighted by molar-refractivity contribution is 7.95. The summed E-state index contributed by atoms with van der Waals surface area (Å²) in [5.41, 5.74) is 5.66. The zero-order chi connectivity index (χ0) is 27.2. The van der Waals surface area contributed by atoms with Crippen molar-refractivity contribution >= 4 is 15.6 Å². The molecule has 2 N–H and O–H groups in total. The lowest BCUT2D eigenvalue weighted by atomic mass is 9.91. The van der Waals surface area contributed by atoms with Gasteiger partial charge in [-0.25, -0.2) is 22.9 Å². The van der Waals surface area contributed by atoms with Crippen molar-refractivity contribution in [1.82, 2.24) is 15.1 Å². The first-order valence-corrected chi connectivity index (χ1v) is 12.6. The highest BCUT2D eigenvalue weighted by Gasteiger charge is 2.48. The lowest BCUT2D eigenvalue weighted by molar-refractivity contribution is -0.117. The molecule has 14 heteroatoms. The van der Waals surface area contributed by atoms with Crippen LogP contribution in [0.2, 0.25) is 0 Å². The summed E-state index contributed by atoms with van der Waals surface area (Å²) in [6.45, 7) is 2.67. The molecule has 9 nitrogen and oxygen atoms in total. The van der Waals surface area contributed by atoms with Gasteiger partial charge < -0.3 is 15.0 Å². The first-order chi connectivity index (χ1) is 17.2. The Morgan fingerprint density at radius 2 is 1.89 bits per heavy atom. The van der Waals surface area contributed by atoms with Crippen LogP contribution in [0.15, 0.2) is 50.5 Å². The molecule has 0 saturated heterocycles. The van der Waals surface area contributed by atoms with Gasteiger partial charge in [0.2, 0.25) is 5.88 Å². The number of ether oxygens (including phenoxy) is 1. The second-order valence-corrected chi connectivity index (χ2v) is 12.0.